The lowest BCUT2D eigenvalue weighted by Gasteiger charge is -2.09. The number of carbonyl (C=O) groups is 3. The highest BCUT2D eigenvalue weighted by atomic mass is 16.5. The highest BCUT2D eigenvalue weighted by Gasteiger charge is 2.17. The van der Waals surface area contributed by atoms with Crippen LogP contribution >= 0.6 is 0 Å². The van der Waals surface area contributed by atoms with E-state index in [9.17, 15) is 19.5 Å². The van der Waals surface area contributed by atoms with Gasteiger partial charge in [0.05, 0.1) is 23.3 Å². The van der Waals surface area contributed by atoms with Crippen molar-refractivity contribution in [3.8, 4) is 5.69 Å². The fourth-order valence-electron chi connectivity index (χ4n) is 3.89. The van der Waals surface area contributed by atoms with Gasteiger partial charge in [0.2, 0.25) is 5.91 Å². The summed E-state index contributed by atoms with van der Waals surface area (Å²) < 4.78 is 6.74. The number of aromatic carboxylic acids is 1. The molecule has 0 aliphatic heterocycles. The average Bonchev–Trinajstić information content (AvgIpc) is 3.22. The normalized spacial score (nSPS) is 10.8. The SMILES string of the molecule is CCOC(=O)c1ccc(-n2cc(C(=O)O)c3cc(NC(=O)CCc4cccc(N)c4)ccc32)cc1. The number of benzene rings is 3. The number of carboxylic acid groups (broad SMARTS) is 1. The van der Waals surface area contributed by atoms with Gasteiger partial charge in [-0.2, -0.15) is 0 Å². The predicted octanol–water partition coefficient (Wildman–Crippen LogP) is 4.66. The number of fused-ring (bicyclic) bond motifs is 1. The van der Waals surface area contributed by atoms with Crippen LogP contribution in [0, 0.1) is 0 Å². The summed E-state index contributed by atoms with van der Waals surface area (Å²) in [5, 5.41) is 13.1. The molecule has 3 aromatic carbocycles. The van der Waals surface area contributed by atoms with Crippen molar-refractivity contribution in [3.05, 3.63) is 89.6 Å². The molecule has 8 heteroatoms. The van der Waals surface area contributed by atoms with E-state index in [2.05, 4.69) is 5.32 Å². The van der Waals surface area contributed by atoms with E-state index in [1.165, 1.54) is 6.20 Å². The summed E-state index contributed by atoms with van der Waals surface area (Å²) in [5.41, 5.74) is 9.77. The van der Waals surface area contributed by atoms with E-state index in [0.29, 0.717) is 39.9 Å². The summed E-state index contributed by atoms with van der Waals surface area (Å²) in [4.78, 5) is 36.3. The number of rotatable bonds is 8. The summed E-state index contributed by atoms with van der Waals surface area (Å²) in [6.07, 6.45) is 2.33. The minimum absolute atomic E-state index is 0.102. The third kappa shape index (κ3) is 5.33. The number of aryl methyl sites for hydroxylation is 1. The molecule has 0 spiro atoms. The quantitative estimate of drug-likeness (QED) is 0.254. The number of nitrogen functional groups attached to an aromatic ring is 1. The molecule has 35 heavy (non-hydrogen) atoms. The van der Waals surface area contributed by atoms with Crippen molar-refractivity contribution in [2.75, 3.05) is 17.7 Å². The van der Waals surface area contributed by atoms with Gasteiger partial charge in [0.15, 0.2) is 0 Å². The summed E-state index contributed by atoms with van der Waals surface area (Å²) in [5.74, 6) is -1.68. The zero-order chi connectivity index (χ0) is 24.9. The zero-order valence-corrected chi connectivity index (χ0v) is 19.2. The third-order valence-electron chi connectivity index (χ3n) is 5.57. The van der Waals surface area contributed by atoms with Gasteiger partial charge < -0.3 is 25.5 Å². The second-order valence-corrected chi connectivity index (χ2v) is 8.01. The first-order valence-electron chi connectivity index (χ1n) is 11.2. The van der Waals surface area contributed by atoms with E-state index >= 15 is 0 Å². The largest absolute Gasteiger partial charge is 0.478 e. The Bertz CT molecular complexity index is 1410. The summed E-state index contributed by atoms with van der Waals surface area (Å²) in [6.45, 7) is 2.02. The molecule has 0 aliphatic rings. The molecule has 4 N–H and O–H groups in total. The molecular formula is C27H25N3O5. The molecule has 178 valence electrons. The first kappa shape index (κ1) is 23.6. The fraction of sp³-hybridized carbons (Fsp3) is 0.148. The van der Waals surface area contributed by atoms with Crippen LogP contribution in [0.3, 0.4) is 0 Å². The lowest BCUT2D eigenvalue weighted by atomic mass is 10.1. The Balaban J connectivity index is 1.57. The molecule has 0 radical (unpaired) electrons. The van der Waals surface area contributed by atoms with Crippen molar-refractivity contribution in [2.45, 2.75) is 19.8 Å². The predicted molar refractivity (Wildman–Crippen MR) is 134 cm³/mol. The number of nitrogens with one attached hydrogen (secondary N) is 1. The minimum atomic E-state index is -1.08. The summed E-state index contributed by atoms with van der Waals surface area (Å²) >= 11 is 0. The van der Waals surface area contributed by atoms with Gasteiger partial charge in [0, 0.05) is 35.1 Å². The molecule has 0 saturated heterocycles. The number of carboxylic acids is 1. The highest BCUT2D eigenvalue weighted by molar-refractivity contribution is 6.06. The molecule has 0 atom stereocenters. The summed E-state index contributed by atoms with van der Waals surface area (Å²) in [6, 6.07) is 19.2. The standard InChI is InChI=1S/C27H25N3O5/c1-2-35-27(34)18-7-10-21(11-8-18)30-16-23(26(32)33)22-15-20(9-12-24(22)30)29-25(31)13-6-17-4-3-5-19(28)14-17/h3-5,7-12,14-16H,2,6,13,28H2,1H3,(H,29,31)(H,32,33). The summed E-state index contributed by atoms with van der Waals surface area (Å²) in [7, 11) is 0. The van der Waals surface area contributed by atoms with Gasteiger partial charge in [-0.3, -0.25) is 4.79 Å². The molecule has 0 unspecified atom stereocenters. The van der Waals surface area contributed by atoms with Crippen molar-refractivity contribution < 1.29 is 24.2 Å². The van der Waals surface area contributed by atoms with Crippen LogP contribution in [0.5, 0.6) is 0 Å². The number of hydrogen-bond donors (Lipinski definition) is 3. The van der Waals surface area contributed by atoms with Gasteiger partial charge in [-0.1, -0.05) is 12.1 Å². The van der Waals surface area contributed by atoms with E-state index in [0.717, 1.165) is 5.56 Å². The second-order valence-electron chi connectivity index (χ2n) is 8.01. The van der Waals surface area contributed by atoms with Crippen LogP contribution in [0.25, 0.3) is 16.6 Å². The maximum atomic E-state index is 12.5. The van der Waals surface area contributed by atoms with Crippen molar-refractivity contribution in [1.29, 1.82) is 0 Å². The zero-order valence-electron chi connectivity index (χ0n) is 19.2. The van der Waals surface area contributed by atoms with Gasteiger partial charge in [0.25, 0.3) is 0 Å². The van der Waals surface area contributed by atoms with Crippen LogP contribution in [0.2, 0.25) is 0 Å². The van der Waals surface area contributed by atoms with Gasteiger partial charge >= 0.3 is 11.9 Å². The Kier molecular flexibility index (Phi) is 6.82. The maximum absolute atomic E-state index is 12.5. The molecule has 0 saturated carbocycles. The van der Waals surface area contributed by atoms with E-state index in [-0.39, 0.29) is 24.5 Å². The molecule has 0 fully saturated rings. The number of nitrogens with zero attached hydrogens (tertiary/aromatic N) is 1. The number of nitrogens with two attached hydrogens (primary N) is 1. The number of esters is 1. The molecule has 0 aliphatic carbocycles. The number of amides is 1. The number of anilines is 2. The molecule has 1 aromatic heterocycles. The molecule has 4 aromatic rings. The van der Waals surface area contributed by atoms with Crippen molar-refractivity contribution in [3.63, 3.8) is 0 Å². The first-order chi connectivity index (χ1) is 16.9. The number of ether oxygens (including phenoxy) is 1. The lowest BCUT2D eigenvalue weighted by molar-refractivity contribution is -0.116. The van der Waals surface area contributed by atoms with Crippen LogP contribution < -0.4 is 11.1 Å². The number of carbonyl (C=O) groups excluding carboxylic acids is 2. The Hall–Kier alpha value is -4.59. The molecule has 0 bridgehead atoms. The molecule has 1 amide bonds. The minimum Gasteiger partial charge on any atom is -0.478 e. The van der Waals surface area contributed by atoms with Crippen LogP contribution in [0.1, 0.15) is 39.6 Å². The van der Waals surface area contributed by atoms with E-state index in [1.54, 1.807) is 60.0 Å². The monoisotopic (exact) mass is 471 g/mol. The van der Waals surface area contributed by atoms with Crippen LogP contribution in [-0.2, 0) is 16.0 Å². The smallest absolute Gasteiger partial charge is 0.338 e. The maximum Gasteiger partial charge on any atom is 0.338 e. The molecule has 8 nitrogen and oxygen atoms in total. The van der Waals surface area contributed by atoms with E-state index in [4.69, 9.17) is 10.5 Å². The molecule has 1 heterocycles. The van der Waals surface area contributed by atoms with Gasteiger partial charge in [-0.05, 0) is 73.5 Å². The van der Waals surface area contributed by atoms with Crippen LogP contribution in [-0.4, -0.2) is 34.1 Å². The molecule has 4 rings (SSSR count). The second kappa shape index (κ2) is 10.1. The van der Waals surface area contributed by atoms with Crippen molar-refractivity contribution in [1.82, 2.24) is 4.57 Å². The van der Waals surface area contributed by atoms with Gasteiger partial charge in [-0.15, -0.1) is 0 Å². The third-order valence-corrected chi connectivity index (χ3v) is 5.57. The van der Waals surface area contributed by atoms with Gasteiger partial charge in [0.1, 0.15) is 0 Å². The number of hydrogen-bond acceptors (Lipinski definition) is 5. The van der Waals surface area contributed by atoms with Gasteiger partial charge in [-0.25, -0.2) is 9.59 Å². The van der Waals surface area contributed by atoms with E-state index < -0.39 is 11.9 Å². The Morgan fingerprint density at radius 2 is 1.80 bits per heavy atom. The Morgan fingerprint density at radius 1 is 1.03 bits per heavy atom. The topological polar surface area (TPSA) is 124 Å². The highest BCUT2D eigenvalue weighted by Crippen LogP contribution is 2.28. The van der Waals surface area contributed by atoms with Crippen molar-refractivity contribution >= 4 is 40.1 Å². The fourth-order valence-corrected chi connectivity index (χ4v) is 3.89. The van der Waals surface area contributed by atoms with Crippen molar-refractivity contribution in [2.24, 2.45) is 0 Å². The van der Waals surface area contributed by atoms with Crippen LogP contribution in [0.4, 0.5) is 11.4 Å². The van der Waals surface area contributed by atoms with Crippen LogP contribution in [0.15, 0.2) is 72.9 Å². The lowest BCUT2D eigenvalue weighted by Crippen LogP contribution is -2.12. The average molecular weight is 472 g/mol. The Labute approximate surface area is 201 Å². The first-order valence-corrected chi connectivity index (χ1v) is 11.2. The Morgan fingerprint density at radius 3 is 2.49 bits per heavy atom. The van der Waals surface area contributed by atoms with E-state index in [1.807, 2.05) is 18.2 Å². The molecular weight excluding hydrogens is 446 g/mol. The number of aromatic nitrogens is 1.